The number of aromatic carboxylic acids is 1. The fourth-order valence-corrected chi connectivity index (χ4v) is 3.08. The molecule has 0 amide bonds. The van der Waals surface area contributed by atoms with Crippen molar-refractivity contribution in [3.63, 3.8) is 0 Å². The third kappa shape index (κ3) is 3.27. The minimum absolute atomic E-state index is 0.0136. The molecule has 7 nitrogen and oxygen atoms in total. The van der Waals surface area contributed by atoms with Crippen LogP contribution in [0.1, 0.15) is 34.6 Å². The molecule has 0 atom stereocenters. The van der Waals surface area contributed by atoms with E-state index in [0.29, 0.717) is 17.8 Å². The van der Waals surface area contributed by atoms with Crippen LogP contribution >= 0.6 is 0 Å². The summed E-state index contributed by atoms with van der Waals surface area (Å²) in [6.07, 6.45) is 0.505. The maximum Gasteiger partial charge on any atom is 0.336 e. The molecule has 0 aliphatic heterocycles. The van der Waals surface area contributed by atoms with Crippen LogP contribution in [0.2, 0.25) is 0 Å². The molecule has 0 bridgehead atoms. The summed E-state index contributed by atoms with van der Waals surface area (Å²) in [5.74, 6) is -1.30. The average Bonchev–Trinajstić information content (AvgIpc) is 2.82. The van der Waals surface area contributed by atoms with Crippen LogP contribution in [0, 0.1) is 6.92 Å². The lowest BCUT2D eigenvalue weighted by Crippen LogP contribution is -2.09. The van der Waals surface area contributed by atoms with Gasteiger partial charge in [-0.2, -0.15) is 4.98 Å². The molecule has 0 aliphatic rings. The van der Waals surface area contributed by atoms with Gasteiger partial charge in [-0.05, 0) is 31.0 Å². The van der Waals surface area contributed by atoms with E-state index < -0.39 is 21.6 Å². The Bertz CT molecular complexity index is 780. The number of hydrogen-bond donors (Lipinski definition) is 1. The Morgan fingerprint density at radius 3 is 2.62 bits per heavy atom. The number of carboxylic acid groups (broad SMARTS) is 1. The summed E-state index contributed by atoms with van der Waals surface area (Å²) in [5.41, 5.74) is 0.565. The monoisotopic (exact) mass is 310 g/mol. The molecule has 2 rings (SSSR count). The van der Waals surface area contributed by atoms with Crippen molar-refractivity contribution in [2.24, 2.45) is 0 Å². The van der Waals surface area contributed by atoms with E-state index >= 15 is 0 Å². The van der Waals surface area contributed by atoms with Crippen molar-refractivity contribution in [1.29, 1.82) is 0 Å². The van der Waals surface area contributed by atoms with Crippen molar-refractivity contribution in [3.05, 3.63) is 41.0 Å². The number of aryl methyl sites for hydroxylation is 2. The van der Waals surface area contributed by atoms with Crippen LogP contribution in [0.5, 0.6) is 0 Å². The van der Waals surface area contributed by atoms with Gasteiger partial charge in [-0.3, -0.25) is 0 Å². The highest BCUT2D eigenvalue weighted by Crippen LogP contribution is 2.20. The highest BCUT2D eigenvalue weighted by molar-refractivity contribution is 7.90. The quantitative estimate of drug-likeness (QED) is 0.893. The van der Waals surface area contributed by atoms with Gasteiger partial charge in [0.05, 0.1) is 10.5 Å². The molecule has 8 heteroatoms. The predicted octanol–water partition coefficient (Wildman–Crippen LogP) is 1.61. The van der Waals surface area contributed by atoms with Crippen LogP contribution in [-0.2, 0) is 22.0 Å². The third-order valence-electron chi connectivity index (χ3n) is 2.93. The van der Waals surface area contributed by atoms with Gasteiger partial charge in [-0.25, -0.2) is 13.2 Å². The highest BCUT2D eigenvalue weighted by atomic mass is 32.2. The maximum atomic E-state index is 12.3. The summed E-state index contributed by atoms with van der Waals surface area (Å²) in [6, 6.07) is 4.07. The summed E-state index contributed by atoms with van der Waals surface area (Å²) < 4.78 is 29.3. The largest absolute Gasteiger partial charge is 0.478 e. The van der Waals surface area contributed by atoms with Crippen LogP contribution in [0.4, 0.5) is 0 Å². The minimum Gasteiger partial charge on any atom is -0.478 e. The predicted molar refractivity (Wildman–Crippen MR) is 72.7 cm³/mol. The molecule has 0 aliphatic carbocycles. The number of carboxylic acids is 1. The van der Waals surface area contributed by atoms with Crippen molar-refractivity contribution in [3.8, 4) is 0 Å². The van der Waals surface area contributed by atoms with E-state index in [1.807, 2.05) is 0 Å². The molecule has 0 radical (unpaired) electrons. The molecule has 2 aromatic rings. The van der Waals surface area contributed by atoms with Crippen LogP contribution in [0.3, 0.4) is 0 Å². The number of carbonyl (C=O) groups is 1. The van der Waals surface area contributed by atoms with E-state index in [9.17, 15) is 13.2 Å². The van der Waals surface area contributed by atoms with Gasteiger partial charge in [0.15, 0.2) is 15.7 Å². The Morgan fingerprint density at radius 2 is 2.10 bits per heavy atom. The van der Waals surface area contributed by atoms with Gasteiger partial charge in [0.2, 0.25) is 5.89 Å². The number of benzene rings is 1. The smallest absolute Gasteiger partial charge is 0.336 e. The number of hydrogen-bond acceptors (Lipinski definition) is 6. The molecule has 21 heavy (non-hydrogen) atoms. The summed E-state index contributed by atoms with van der Waals surface area (Å²) >= 11 is 0. The van der Waals surface area contributed by atoms with Crippen molar-refractivity contribution in [2.45, 2.75) is 30.9 Å². The summed E-state index contributed by atoms with van der Waals surface area (Å²) in [7, 11) is -3.74. The third-order valence-corrected chi connectivity index (χ3v) is 4.53. The summed E-state index contributed by atoms with van der Waals surface area (Å²) in [5, 5.41) is 12.7. The number of rotatable bonds is 5. The lowest BCUT2D eigenvalue weighted by Gasteiger charge is -2.07. The second kappa shape index (κ2) is 5.65. The molecule has 0 spiro atoms. The molecule has 1 aromatic carbocycles. The van der Waals surface area contributed by atoms with Gasteiger partial charge in [0.1, 0.15) is 5.75 Å². The molecule has 0 saturated heterocycles. The highest BCUT2D eigenvalue weighted by Gasteiger charge is 2.21. The Morgan fingerprint density at radius 1 is 1.38 bits per heavy atom. The van der Waals surface area contributed by atoms with Gasteiger partial charge >= 0.3 is 5.97 Å². The van der Waals surface area contributed by atoms with Crippen LogP contribution in [0.25, 0.3) is 0 Å². The van der Waals surface area contributed by atoms with Crippen molar-refractivity contribution < 1.29 is 22.8 Å². The average molecular weight is 310 g/mol. The van der Waals surface area contributed by atoms with Gasteiger partial charge in [-0.15, -0.1) is 0 Å². The molecule has 0 fully saturated rings. The second-order valence-corrected chi connectivity index (χ2v) is 6.46. The standard InChI is InChI=1S/C13H14N2O5S/c1-3-9-4-5-10(6-11(9)13(16)17)21(18,19)7-12-14-8(2)15-20-12/h4-6H,3,7H2,1-2H3,(H,16,17). The minimum atomic E-state index is -3.74. The zero-order valence-corrected chi connectivity index (χ0v) is 12.3. The lowest BCUT2D eigenvalue weighted by molar-refractivity contribution is 0.0695. The van der Waals surface area contributed by atoms with Crippen molar-refractivity contribution in [1.82, 2.24) is 10.1 Å². The van der Waals surface area contributed by atoms with E-state index in [0.717, 1.165) is 0 Å². The number of aromatic nitrogens is 2. The van der Waals surface area contributed by atoms with Gasteiger partial charge in [0, 0.05) is 0 Å². The Balaban J connectivity index is 2.40. The first-order valence-corrected chi connectivity index (χ1v) is 7.87. The zero-order valence-electron chi connectivity index (χ0n) is 11.5. The first-order chi connectivity index (χ1) is 9.83. The molecule has 1 N–H and O–H groups in total. The maximum absolute atomic E-state index is 12.3. The molecule has 1 aromatic heterocycles. The summed E-state index contributed by atoms with van der Waals surface area (Å²) in [6.45, 7) is 3.38. The topological polar surface area (TPSA) is 110 Å². The first-order valence-electron chi connectivity index (χ1n) is 6.21. The molecule has 112 valence electrons. The Kier molecular flexibility index (Phi) is 4.08. The number of sulfone groups is 1. The van der Waals surface area contributed by atoms with E-state index in [1.165, 1.54) is 18.2 Å². The molecule has 0 unspecified atom stereocenters. The van der Waals surface area contributed by atoms with Crippen LogP contribution in [0.15, 0.2) is 27.6 Å². The van der Waals surface area contributed by atoms with E-state index in [4.69, 9.17) is 9.63 Å². The van der Waals surface area contributed by atoms with Crippen molar-refractivity contribution >= 4 is 15.8 Å². The van der Waals surface area contributed by atoms with E-state index in [1.54, 1.807) is 13.8 Å². The molecular formula is C13H14N2O5S. The Hall–Kier alpha value is -2.22. The van der Waals surface area contributed by atoms with Crippen LogP contribution < -0.4 is 0 Å². The SMILES string of the molecule is CCc1ccc(S(=O)(=O)Cc2nc(C)no2)cc1C(=O)O. The lowest BCUT2D eigenvalue weighted by atomic mass is 10.1. The zero-order chi connectivity index (χ0) is 15.6. The van der Waals surface area contributed by atoms with Gasteiger partial charge < -0.3 is 9.63 Å². The van der Waals surface area contributed by atoms with Gasteiger partial charge in [0.25, 0.3) is 0 Å². The second-order valence-electron chi connectivity index (χ2n) is 4.47. The molecule has 0 saturated carbocycles. The molecular weight excluding hydrogens is 296 g/mol. The van der Waals surface area contributed by atoms with Gasteiger partial charge in [-0.1, -0.05) is 18.1 Å². The summed E-state index contributed by atoms with van der Waals surface area (Å²) in [4.78, 5) is 14.9. The number of nitrogens with zero attached hydrogens (tertiary/aromatic N) is 2. The van der Waals surface area contributed by atoms with E-state index in [-0.39, 0.29) is 16.3 Å². The first kappa shape index (κ1) is 15.2. The fraction of sp³-hybridized carbons (Fsp3) is 0.308. The molecule has 1 heterocycles. The van der Waals surface area contributed by atoms with Crippen LogP contribution in [-0.4, -0.2) is 29.6 Å². The normalized spacial score (nSPS) is 11.5. The Labute approximate surface area is 121 Å². The fourth-order valence-electron chi connectivity index (χ4n) is 1.90. The van der Waals surface area contributed by atoms with Crippen molar-refractivity contribution in [2.75, 3.05) is 0 Å². The van der Waals surface area contributed by atoms with E-state index in [2.05, 4.69) is 10.1 Å².